The van der Waals surface area contributed by atoms with E-state index in [1.54, 1.807) is 0 Å². The first-order chi connectivity index (χ1) is 16.5. The van der Waals surface area contributed by atoms with Gasteiger partial charge in [0, 0.05) is 0 Å². The first-order valence-electron chi connectivity index (χ1n) is 12.7. The fourth-order valence-electron chi connectivity index (χ4n) is 3.41. The molecule has 1 rings (SSSR count). The molecule has 0 aliphatic carbocycles. The Hall–Kier alpha value is -1.13. The van der Waals surface area contributed by atoms with E-state index in [-0.39, 0.29) is 0 Å². The fourth-order valence-corrected chi connectivity index (χ4v) is 4.27. The molecule has 0 amide bonds. The normalized spacial score (nSPS) is 12.8. The van der Waals surface area contributed by atoms with Crippen LogP contribution in [0, 0.1) is 0 Å². The van der Waals surface area contributed by atoms with Crippen molar-refractivity contribution < 1.29 is 37.5 Å². The number of para-hydroxylation sites is 1. The molecule has 1 aromatic rings. The van der Waals surface area contributed by atoms with Crippen LogP contribution in [0.15, 0.2) is 24.3 Å². The fraction of sp³-hybridized carbons (Fsp3) is 0.680. The summed E-state index contributed by atoms with van der Waals surface area (Å²) < 4.78 is 35.2. The zero-order valence-electron chi connectivity index (χ0n) is 21.4. The van der Waals surface area contributed by atoms with Crippen molar-refractivity contribution in [2.45, 2.75) is 106 Å². The molecule has 0 aliphatic rings. The summed E-state index contributed by atoms with van der Waals surface area (Å²) in [5.74, 6) is -2.37. The summed E-state index contributed by atoms with van der Waals surface area (Å²) in [4.78, 5) is 20.0. The van der Waals surface area contributed by atoms with E-state index in [4.69, 9.17) is 19.5 Å². The largest absolute Gasteiger partial charge is 0.481 e. The van der Waals surface area contributed by atoms with Crippen molar-refractivity contribution in [1.29, 1.82) is 0 Å². The van der Waals surface area contributed by atoms with Crippen LogP contribution in [0.1, 0.15) is 96.5 Å². The Morgan fingerprint density at radius 2 is 1.43 bits per heavy atom. The second-order valence-corrected chi connectivity index (χ2v) is 11.7. The van der Waals surface area contributed by atoms with Crippen LogP contribution in [0.25, 0.3) is 0 Å². The summed E-state index contributed by atoms with van der Waals surface area (Å²) in [6, 6.07) is 8.63. The minimum absolute atomic E-state index is 0.448. The average Bonchev–Trinajstić information content (AvgIpc) is 2.79. The molecule has 0 saturated carbocycles. The van der Waals surface area contributed by atoms with Crippen LogP contribution >= 0.6 is 0 Å². The maximum absolute atomic E-state index is 10.2. The number of ether oxygens (including phenoxy) is 1. The number of hydrogen-bond donors (Lipinski definition) is 3. The van der Waals surface area contributed by atoms with Crippen molar-refractivity contribution in [3.05, 3.63) is 29.8 Å². The van der Waals surface area contributed by atoms with Gasteiger partial charge in [0.05, 0.1) is 6.42 Å². The van der Waals surface area contributed by atoms with Gasteiger partial charge in [-0.2, -0.15) is 8.42 Å². The van der Waals surface area contributed by atoms with E-state index in [0.717, 1.165) is 40.1 Å². The number of carboxylic acids is 2. The molecule has 35 heavy (non-hydrogen) atoms. The summed E-state index contributed by atoms with van der Waals surface area (Å²) in [5, 5.41) is 13.9. The van der Waals surface area contributed by atoms with Crippen LogP contribution in [0.3, 0.4) is 0 Å². The Bertz CT molecular complexity index is 829. The van der Waals surface area contributed by atoms with Gasteiger partial charge in [-0.3, -0.25) is 14.1 Å². The second kappa shape index (κ2) is 20.0. The molecule has 196 valence electrons. The molecule has 0 aliphatic heterocycles. The quantitative estimate of drug-likeness (QED) is 0.135. The minimum Gasteiger partial charge on any atom is -0.481 e. The van der Waals surface area contributed by atoms with Gasteiger partial charge in [-0.05, 0) is 0 Å². The van der Waals surface area contributed by atoms with Gasteiger partial charge in [-0.1, -0.05) is 26.2 Å². The number of hydrogen-bond acceptors (Lipinski definition) is 5. The maximum Gasteiger partial charge on any atom is 0.325 e. The predicted octanol–water partition coefficient (Wildman–Crippen LogP) is 5.24. The van der Waals surface area contributed by atoms with E-state index in [2.05, 4.69) is 38.1 Å². The van der Waals surface area contributed by atoms with Crippen LogP contribution in [-0.2, 0) is 26.1 Å². The zero-order chi connectivity index (χ0) is 26.7. The molecule has 2 atom stereocenters. The van der Waals surface area contributed by atoms with Gasteiger partial charge in [0.2, 0.25) is 0 Å². The number of rotatable bonds is 18. The third-order valence-electron chi connectivity index (χ3n) is 5.67. The molecule has 2 unspecified atom stereocenters. The monoisotopic (exact) mass is 524 g/mol. The number of carbonyl (C=O) groups is 2. The molecule has 0 spiro atoms. The summed E-state index contributed by atoms with van der Waals surface area (Å²) in [6.07, 6.45) is 15.1. The van der Waals surface area contributed by atoms with Gasteiger partial charge in [-0.15, -0.1) is 0 Å². The third kappa shape index (κ3) is 17.9. The van der Waals surface area contributed by atoms with Gasteiger partial charge >= 0.3 is 148 Å². The minimum atomic E-state index is -4.84. The molecule has 0 saturated heterocycles. The molecule has 0 bridgehead atoms. The Kier molecular flexibility index (Phi) is 19.3. The summed E-state index contributed by atoms with van der Waals surface area (Å²) in [6.45, 7) is 4.50. The van der Waals surface area contributed by atoms with Crippen LogP contribution in [-0.4, -0.2) is 71.7 Å². The van der Waals surface area contributed by atoms with Gasteiger partial charge in [0.25, 0.3) is 10.1 Å². The van der Waals surface area contributed by atoms with Gasteiger partial charge in [0.1, 0.15) is 0 Å². The van der Waals surface area contributed by atoms with Gasteiger partial charge in [0.15, 0.2) is 5.25 Å². The number of aryl methyl sites for hydroxylation is 1. The molecule has 10 heteroatoms. The molecule has 1 aromatic carbocycles. The standard InChI is InChI=1S/C21H35O.C4H6O7S.Na/c1-3-5-6-7-8-9-10-11-12-13-16-20-17-14-15-18-21(20)22-19-4-2;5-3(6)1-2(4(7)8)12(9,10)11;/h14-15,17-19H,3-13,16H2,1-2H3;2H,1H2,(H,5,6)(H,7,8)(H,9,10,11);. The van der Waals surface area contributed by atoms with Crippen LogP contribution < -0.4 is 4.74 Å². The third-order valence-corrected chi connectivity index (χ3v) is 7.81. The molecular formula is C25H41NaO8S. The van der Waals surface area contributed by atoms with Crippen LogP contribution in [0.5, 0.6) is 5.75 Å². The van der Waals surface area contributed by atoms with Gasteiger partial charge in [-0.25, -0.2) is 0 Å². The number of aliphatic carboxylic acids is 2. The molecule has 0 fully saturated rings. The van der Waals surface area contributed by atoms with Crippen molar-refractivity contribution in [2.75, 3.05) is 0 Å². The van der Waals surface area contributed by atoms with Crippen LogP contribution in [0.4, 0.5) is 0 Å². The van der Waals surface area contributed by atoms with E-state index in [1.165, 1.54) is 76.2 Å². The molecular weight excluding hydrogens is 483 g/mol. The van der Waals surface area contributed by atoms with Gasteiger partial charge < -0.3 is 10.2 Å². The Labute approximate surface area is 228 Å². The van der Waals surface area contributed by atoms with Crippen LogP contribution in [0.2, 0.25) is 0 Å². The molecule has 8 nitrogen and oxygen atoms in total. The Balaban J connectivity index is 0.000000814. The second-order valence-electron chi connectivity index (χ2n) is 8.82. The number of carboxylic acid groups (broad SMARTS) is 2. The predicted molar refractivity (Wildman–Crippen MR) is 138 cm³/mol. The maximum atomic E-state index is 10.2. The van der Waals surface area contributed by atoms with E-state index in [0.29, 0.717) is 3.35 Å². The average molecular weight is 525 g/mol. The van der Waals surface area contributed by atoms with Crippen molar-refractivity contribution in [3.8, 4) is 5.75 Å². The van der Waals surface area contributed by atoms with E-state index < -0.39 is 33.7 Å². The van der Waals surface area contributed by atoms with Crippen molar-refractivity contribution in [2.24, 2.45) is 0 Å². The van der Waals surface area contributed by atoms with E-state index >= 15 is 0 Å². The van der Waals surface area contributed by atoms with E-state index in [1.807, 2.05) is 0 Å². The van der Waals surface area contributed by atoms with E-state index in [9.17, 15) is 18.0 Å². The summed E-state index contributed by atoms with van der Waals surface area (Å²) >= 11 is 1.11. The smallest absolute Gasteiger partial charge is 0.325 e. The van der Waals surface area contributed by atoms with Crippen molar-refractivity contribution in [3.63, 3.8) is 0 Å². The van der Waals surface area contributed by atoms with Crippen molar-refractivity contribution >= 4 is 50.0 Å². The number of unbranched alkanes of at least 4 members (excludes halogenated alkanes) is 9. The molecule has 0 heterocycles. The summed E-state index contributed by atoms with van der Waals surface area (Å²) in [7, 11) is -4.84. The SMILES string of the molecule is CCCCCCCCCCCCc1ccccc1O[CH]([Na])CC.O=C(O)CC(C(=O)O)S(=O)(=O)O. The topological polar surface area (TPSA) is 138 Å². The first-order valence-corrected chi connectivity index (χ1v) is 15.3. The summed E-state index contributed by atoms with van der Waals surface area (Å²) in [5.41, 5.74) is 1.40. The molecule has 0 aromatic heterocycles. The molecule has 3 N–H and O–H groups in total. The first kappa shape index (κ1) is 33.9. The number of benzene rings is 1. The Morgan fingerprint density at radius 3 is 1.86 bits per heavy atom. The molecule has 0 radical (unpaired) electrons. The van der Waals surface area contributed by atoms with Crippen molar-refractivity contribution in [1.82, 2.24) is 0 Å². The zero-order valence-corrected chi connectivity index (χ0v) is 24.3. The Morgan fingerprint density at radius 1 is 0.914 bits per heavy atom.